The van der Waals surface area contributed by atoms with Crippen LogP contribution in [0.4, 0.5) is 16.2 Å². The molecule has 0 aliphatic heterocycles. The van der Waals surface area contributed by atoms with E-state index in [-0.39, 0.29) is 30.7 Å². The number of nitrogens with zero attached hydrogens (tertiary/aromatic N) is 3. The van der Waals surface area contributed by atoms with Crippen LogP contribution in [0.25, 0.3) is 21.6 Å². The van der Waals surface area contributed by atoms with Crippen molar-refractivity contribution in [3.8, 4) is 11.1 Å². The van der Waals surface area contributed by atoms with Gasteiger partial charge in [0.1, 0.15) is 6.61 Å². The lowest BCUT2D eigenvalue weighted by molar-refractivity contribution is 0.0166. The van der Waals surface area contributed by atoms with Crippen molar-refractivity contribution in [2.75, 3.05) is 70.4 Å². The van der Waals surface area contributed by atoms with Crippen molar-refractivity contribution in [1.29, 1.82) is 0 Å². The lowest BCUT2D eigenvalue weighted by Crippen LogP contribution is -2.28. The van der Waals surface area contributed by atoms with Crippen molar-refractivity contribution in [2.45, 2.75) is 5.92 Å². The van der Waals surface area contributed by atoms with Crippen molar-refractivity contribution in [3.63, 3.8) is 0 Å². The van der Waals surface area contributed by atoms with Gasteiger partial charge in [0.15, 0.2) is 0 Å². The van der Waals surface area contributed by atoms with E-state index in [2.05, 4.69) is 44.9 Å². The van der Waals surface area contributed by atoms with Crippen molar-refractivity contribution in [3.05, 3.63) is 93.9 Å². The molecule has 3 aromatic rings. The zero-order valence-electron chi connectivity index (χ0n) is 23.2. The molecule has 0 unspecified atom stereocenters. The van der Waals surface area contributed by atoms with E-state index in [1.54, 1.807) is 12.1 Å². The zero-order valence-corrected chi connectivity index (χ0v) is 23.2. The number of carbonyl (C=O) groups is 2. The molecule has 0 fully saturated rings. The number of carbonyl (C=O) groups excluding carboxylic acids is 2. The van der Waals surface area contributed by atoms with Gasteiger partial charge in [0, 0.05) is 29.5 Å². The summed E-state index contributed by atoms with van der Waals surface area (Å²) in [6, 6.07) is 20.9. The molecule has 0 spiro atoms. The fourth-order valence-electron chi connectivity index (χ4n) is 4.58. The van der Waals surface area contributed by atoms with Crippen molar-refractivity contribution in [2.24, 2.45) is 5.11 Å². The summed E-state index contributed by atoms with van der Waals surface area (Å²) in [5, 5.41) is 8.80. The van der Waals surface area contributed by atoms with E-state index in [9.17, 15) is 9.59 Å². The van der Waals surface area contributed by atoms with Gasteiger partial charge in [-0.1, -0.05) is 53.6 Å². The Morgan fingerprint density at radius 1 is 0.857 bits per heavy atom. The van der Waals surface area contributed by atoms with Crippen LogP contribution in [0, 0.1) is 0 Å². The molecule has 4 rings (SSSR count). The molecule has 2 amide bonds. The number of hydrogen-bond donors (Lipinski definition) is 3. The molecule has 0 radical (unpaired) electrons. The highest BCUT2D eigenvalue weighted by molar-refractivity contribution is 5.98. The minimum atomic E-state index is -0.656. The summed E-state index contributed by atoms with van der Waals surface area (Å²) in [5.41, 5.74) is 19.7. The van der Waals surface area contributed by atoms with Crippen LogP contribution in [0.1, 0.15) is 27.4 Å². The summed E-state index contributed by atoms with van der Waals surface area (Å²) in [6.45, 7) is 2.95. The third-order valence-corrected chi connectivity index (χ3v) is 6.57. The number of rotatable bonds is 16. The predicted molar refractivity (Wildman–Crippen MR) is 158 cm³/mol. The Hall–Kier alpha value is -4.61. The van der Waals surface area contributed by atoms with Gasteiger partial charge in [-0.3, -0.25) is 10.1 Å². The number of nitrogens with one attached hydrogen (secondary N) is 2. The second-order valence-electron chi connectivity index (χ2n) is 9.30. The second kappa shape index (κ2) is 16.0. The highest BCUT2D eigenvalue weighted by Crippen LogP contribution is 2.44. The molecule has 3 aromatic carbocycles. The van der Waals surface area contributed by atoms with Crippen LogP contribution >= 0.6 is 0 Å². The zero-order chi connectivity index (χ0) is 29.6. The third kappa shape index (κ3) is 8.45. The van der Waals surface area contributed by atoms with Crippen LogP contribution in [0.3, 0.4) is 0 Å². The number of anilines is 2. The highest BCUT2D eigenvalue weighted by Gasteiger charge is 2.29. The molecule has 1 aliphatic rings. The highest BCUT2D eigenvalue weighted by atomic mass is 16.6. The SMILES string of the molecule is [N-]=[N+]=NCCOCCOCCOCCNC(=O)c1ccc(N)c(NC(=O)OCC2c3ccccc3-c3ccccc32)c1. The molecule has 42 heavy (non-hydrogen) atoms. The molecular weight excluding hydrogens is 540 g/mol. The predicted octanol–water partition coefficient (Wildman–Crippen LogP) is 4.72. The molecule has 0 saturated carbocycles. The first-order valence-corrected chi connectivity index (χ1v) is 13.6. The molecule has 0 atom stereocenters. The number of fused-ring (bicyclic) bond motifs is 3. The minimum Gasteiger partial charge on any atom is -0.448 e. The topological polar surface area (TPSA) is 170 Å². The van der Waals surface area contributed by atoms with Gasteiger partial charge in [0.25, 0.3) is 5.91 Å². The molecule has 220 valence electrons. The van der Waals surface area contributed by atoms with E-state index in [4.69, 9.17) is 30.2 Å². The van der Waals surface area contributed by atoms with Gasteiger partial charge in [-0.15, -0.1) is 0 Å². The van der Waals surface area contributed by atoms with Crippen LogP contribution in [0.15, 0.2) is 71.8 Å². The quantitative estimate of drug-likeness (QED) is 0.0730. The lowest BCUT2D eigenvalue weighted by Gasteiger charge is -2.15. The van der Waals surface area contributed by atoms with Crippen LogP contribution in [0.2, 0.25) is 0 Å². The Balaban J connectivity index is 1.16. The van der Waals surface area contributed by atoms with Gasteiger partial charge in [0.05, 0.1) is 51.0 Å². The maximum atomic E-state index is 12.7. The number of hydrogen-bond acceptors (Lipinski definition) is 8. The Morgan fingerprint density at radius 2 is 1.48 bits per heavy atom. The van der Waals surface area contributed by atoms with E-state index in [1.807, 2.05) is 24.3 Å². The molecule has 0 bridgehead atoms. The van der Waals surface area contributed by atoms with Crippen LogP contribution < -0.4 is 16.4 Å². The monoisotopic (exact) mass is 574 g/mol. The summed E-state index contributed by atoms with van der Waals surface area (Å²) < 4.78 is 21.7. The fraction of sp³-hybridized carbons (Fsp3) is 0.333. The number of benzene rings is 3. The van der Waals surface area contributed by atoms with E-state index in [0.717, 1.165) is 22.3 Å². The van der Waals surface area contributed by atoms with Gasteiger partial charge in [-0.2, -0.15) is 0 Å². The average molecular weight is 575 g/mol. The maximum absolute atomic E-state index is 12.7. The van der Waals surface area contributed by atoms with E-state index < -0.39 is 6.09 Å². The van der Waals surface area contributed by atoms with E-state index in [1.165, 1.54) is 6.07 Å². The minimum absolute atomic E-state index is 0.0678. The molecule has 1 aliphatic carbocycles. The van der Waals surface area contributed by atoms with Crippen LogP contribution in [0.5, 0.6) is 0 Å². The molecule has 12 heteroatoms. The molecule has 4 N–H and O–H groups in total. The standard InChI is InChI=1S/C30H34N6O6/c31-27-10-9-21(29(37)33-11-13-39-15-17-41-18-16-40-14-12-34-36-32)19-28(27)35-30(38)42-20-26-24-7-3-1-5-22(24)23-6-2-4-8-25(23)26/h1-10,19,26H,11-18,20,31H2,(H,33,37)(H,35,38). The second-order valence-corrected chi connectivity index (χ2v) is 9.30. The van der Waals surface area contributed by atoms with Gasteiger partial charge in [-0.25, -0.2) is 4.79 Å². The molecular formula is C30H34N6O6. The van der Waals surface area contributed by atoms with Crippen molar-refractivity contribution >= 4 is 23.4 Å². The molecule has 0 heterocycles. The van der Waals surface area contributed by atoms with Gasteiger partial charge >= 0.3 is 6.09 Å². The van der Waals surface area contributed by atoms with Gasteiger partial charge in [-0.05, 0) is 46.0 Å². The smallest absolute Gasteiger partial charge is 0.411 e. The number of nitrogens with two attached hydrogens (primary N) is 1. The Bertz CT molecular complexity index is 1370. The van der Waals surface area contributed by atoms with Crippen molar-refractivity contribution in [1.82, 2.24) is 5.32 Å². The summed E-state index contributed by atoms with van der Waals surface area (Å²) in [6.07, 6.45) is -0.656. The first kappa shape index (κ1) is 30.4. The fourth-order valence-corrected chi connectivity index (χ4v) is 4.58. The van der Waals surface area contributed by atoms with Crippen LogP contribution in [-0.4, -0.2) is 71.3 Å². The summed E-state index contributed by atoms with van der Waals surface area (Å²) >= 11 is 0. The normalized spacial score (nSPS) is 11.7. The summed E-state index contributed by atoms with van der Waals surface area (Å²) in [4.78, 5) is 27.9. The number of amides is 2. The number of nitrogen functional groups attached to an aromatic ring is 1. The summed E-state index contributed by atoms with van der Waals surface area (Å²) in [7, 11) is 0. The average Bonchev–Trinajstić information content (AvgIpc) is 3.33. The first-order valence-electron chi connectivity index (χ1n) is 13.6. The first-order chi connectivity index (χ1) is 20.6. The van der Waals surface area contributed by atoms with Gasteiger partial charge < -0.3 is 30.0 Å². The maximum Gasteiger partial charge on any atom is 0.411 e. The number of azide groups is 1. The van der Waals surface area contributed by atoms with Gasteiger partial charge in [0.2, 0.25) is 0 Å². The lowest BCUT2D eigenvalue weighted by atomic mass is 9.98. The Kier molecular flexibility index (Phi) is 11.6. The number of ether oxygens (including phenoxy) is 4. The largest absolute Gasteiger partial charge is 0.448 e. The Morgan fingerprint density at radius 3 is 2.14 bits per heavy atom. The van der Waals surface area contributed by atoms with E-state index in [0.29, 0.717) is 57.4 Å². The summed E-state index contributed by atoms with van der Waals surface area (Å²) in [5.74, 6) is -0.398. The third-order valence-electron chi connectivity index (χ3n) is 6.57. The van der Waals surface area contributed by atoms with Crippen molar-refractivity contribution < 1.29 is 28.5 Å². The molecule has 0 aromatic heterocycles. The Labute approximate surface area is 243 Å². The molecule has 12 nitrogen and oxygen atoms in total. The molecule has 0 saturated heterocycles. The van der Waals surface area contributed by atoms with Crippen LogP contribution in [-0.2, 0) is 18.9 Å². The van der Waals surface area contributed by atoms with E-state index >= 15 is 0 Å².